The number of alkyl carbamates (subject to hydrolysis) is 1. The third-order valence-electron chi connectivity index (χ3n) is 4.34. The molecule has 1 unspecified atom stereocenters. The molecule has 4 heteroatoms. The Balaban J connectivity index is 1.78. The summed E-state index contributed by atoms with van der Waals surface area (Å²) in [7, 11) is 0. The van der Waals surface area contributed by atoms with Gasteiger partial charge in [0.25, 0.3) is 0 Å². The number of carbonyl (C=O) groups excluding carboxylic acids is 1. The van der Waals surface area contributed by atoms with Crippen molar-refractivity contribution >= 4 is 6.09 Å². The van der Waals surface area contributed by atoms with E-state index >= 15 is 0 Å². The molecule has 2 fully saturated rings. The van der Waals surface area contributed by atoms with Crippen molar-refractivity contribution in [1.82, 2.24) is 5.32 Å². The summed E-state index contributed by atoms with van der Waals surface area (Å²) in [6.45, 7) is 5.81. The van der Waals surface area contributed by atoms with E-state index in [0.717, 1.165) is 25.2 Å². The van der Waals surface area contributed by atoms with E-state index in [1.165, 1.54) is 12.8 Å². The first-order valence-corrected chi connectivity index (χ1v) is 6.96. The van der Waals surface area contributed by atoms with Crippen LogP contribution in [0.4, 0.5) is 4.79 Å². The molecular weight excluding hydrogens is 230 g/mol. The van der Waals surface area contributed by atoms with Crippen LogP contribution in [0.2, 0.25) is 0 Å². The van der Waals surface area contributed by atoms with E-state index in [2.05, 4.69) is 5.32 Å². The normalized spacial score (nSPS) is 32.3. The number of aliphatic hydroxyl groups is 1. The molecule has 0 aromatic carbocycles. The number of ether oxygens (including phenoxy) is 1. The maximum Gasteiger partial charge on any atom is 0.407 e. The largest absolute Gasteiger partial charge is 0.444 e. The molecule has 1 atom stereocenters. The second kappa shape index (κ2) is 4.72. The number of rotatable bonds is 3. The molecule has 0 heterocycles. The highest BCUT2D eigenvalue weighted by Crippen LogP contribution is 2.55. The highest BCUT2D eigenvalue weighted by Gasteiger charge is 2.49. The molecular formula is C14H25NO3. The first-order valence-electron chi connectivity index (χ1n) is 6.96. The number of carbonyl (C=O) groups is 1. The molecule has 2 aliphatic rings. The van der Waals surface area contributed by atoms with Crippen molar-refractivity contribution in [3.05, 3.63) is 0 Å². The van der Waals surface area contributed by atoms with Gasteiger partial charge in [-0.2, -0.15) is 0 Å². The SMILES string of the molecule is CC(C)(C)OC(=O)NCC(O)C12CCC(CC1)C2. The Morgan fingerprint density at radius 3 is 2.50 bits per heavy atom. The summed E-state index contributed by atoms with van der Waals surface area (Å²) in [5.41, 5.74) is -0.418. The van der Waals surface area contributed by atoms with Gasteiger partial charge in [-0.05, 0) is 64.2 Å². The van der Waals surface area contributed by atoms with Gasteiger partial charge in [-0.3, -0.25) is 0 Å². The zero-order valence-electron chi connectivity index (χ0n) is 11.7. The van der Waals surface area contributed by atoms with E-state index in [0.29, 0.717) is 6.54 Å². The van der Waals surface area contributed by atoms with Gasteiger partial charge in [0.15, 0.2) is 0 Å². The summed E-state index contributed by atoms with van der Waals surface area (Å²) in [5, 5.41) is 13.0. The maximum atomic E-state index is 11.5. The molecule has 1 amide bonds. The molecule has 0 radical (unpaired) electrons. The van der Waals surface area contributed by atoms with Crippen LogP contribution in [-0.4, -0.2) is 29.4 Å². The number of hydrogen-bond acceptors (Lipinski definition) is 3. The third kappa shape index (κ3) is 2.97. The topological polar surface area (TPSA) is 58.6 Å². The van der Waals surface area contributed by atoms with Crippen LogP contribution in [0.15, 0.2) is 0 Å². The van der Waals surface area contributed by atoms with Gasteiger partial charge in [0.1, 0.15) is 5.60 Å². The van der Waals surface area contributed by atoms with Gasteiger partial charge < -0.3 is 15.2 Å². The quantitative estimate of drug-likeness (QED) is 0.814. The fraction of sp³-hybridized carbons (Fsp3) is 0.929. The van der Waals surface area contributed by atoms with E-state index in [4.69, 9.17) is 4.74 Å². The molecule has 0 aromatic rings. The Hall–Kier alpha value is -0.770. The molecule has 0 aliphatic heterocycles. The van der Waals surface area contributed by atoms with Crippen LogP contribution in [0, 0.1) is 11.3 Å². The zero-order chi connectivity index (χ0) is 13.4. The van der Waals surface area contributed by atoms with Crippen LogP contribution in [0.3, 0.4) is 0 Å². The van der Waals surface area contributed by atoms with Crippen LogP contribution < -0.4 is 5.32 Å². The molecule has 0 saturated heterocycles. The van der Waals surface area contributed by atoms with Crippen LogP contribution in [0.1, 0.15) is 52.9 Å². The van der Waals surface area contributed by atoms with Crippen LogP contribution in [0.5, 0.6) is 0 Å². The third-order valence-corrected chi connectivity index (χ3v) is 4.34. The van der Waals surface area contributed by atoms with E-state index in [1.807, 2.05) is 20.8 Å². The minimum atomic E-state index is -0.487. The maximum absolute atomic E-state index is 11.5. The van der Waals surface area contributed by atoms with Crippen molar-refractivity contribution in [3.63, 3.8) is 0 Å². The second-order valence-electron chi connectivity index (χ2n) is 6.91. The molecule has 4 nitrogen and oxygen atoms in total. The van der Waals surface area contributed by atoms with Crippen LogP contribution in [0.25, 0.3) is 0 Å². The van der Waals surface area contributed by atoms with Gasteiger partial charge in [0.05, 0.1) is 6.10 Å². The van der Waals surface area contributed by atoms with Gasteiger partial charge in [0, 0.05) is 6.54 Å². The Morgan fingerprint density at radius 2 is 2.06 bits per heavy atom. The summed E-state index contributed by atoms with van der Waals surface area (Å²) in [6.07, 6.45) is 4.95. The number of fused-ring (bicyclic) bond motifs is 2. The minimum Gasteiger partial charge on any atom is -0.444 e. The summed E-state index contributed by atoms with van der Waals surface area (Å²) >= 11 is 0. The van der Waals surface area contributed by atoms with Gasteiger partial charge in [0.2, 0.25) is 0 Å². The average Bonchev–Trinajstić information content (AvgIpc) is 2.84. The first kappa shape index (κ1) is 13.7. The van der Waals surface area contributed by atoms with Gasteiger partial charge in [-0.1, -0.05) is 0 Å². The van der Waals surface area contributed by atoms with E-state index < -0.39 is 17.8 Å². The van der Waals surface area contributed by atoms with Crippen LogP contribution in [-0.2, 0) is 4.74 Å². The lowest BCUT2D eigenvalue weighted by Gasteiger charge is -2.32. The Kier molecular flexibility index (Phi) is 3.58. The molecule has 2 aliphatic carbocycles. The van der Waals surface area contributed by atoms with E-state index in [-0.39, 0.29) is 5.41 Å². The monoisotopic (exact) mass is 255 g/mol. The molecule has 2 saturated carbocycles. The zero-order valence-corrected chi connectivity index (χ0v) is 11.7. The van der Waals surface area contributed by atoms with Crippen molar-refractivity contribution < 1.29 is 14.6 Å². The van der Waals surface area contributed by atoms with Crippen molar-refractivity contribution in [2.24, 2.45) is 11.3 Å². The highest BCUT2D eigenvalue weighted by atomic mass is 16.6. The lowest BCUT2D eigenvalue weighted by molar-refractivity contribution is 0.0208. The standard InChI is InChI=1S/C14H25NO3/c1-13(2,3)18-12(17)15-9-11(16)14-6-4-10(8-14)5-7-14/h10-11,16H,4-9H2,1-3H3,(H,15,17). The molecule has 0 spiro atoms. The van der Waals surface area contributed by atoms with Crippen molar-refractivity contribution in [3.8, 4) is 0 Å². The van der Waals surface area contributed by atoms with Crippen LogP contribution >= 0.6 is 0 Å². The highest BCUT2D eigenvalue weighted by molar-refractivity contribution is 5.67. The van der Waals surface area contributed by atoms with Crippen molar-refractivity contribution in [2.45, 2.75) is 64.6 Å². The molecule has 2 N–H and O–H groups in total. The lowest BCUT2D eigenvalue weighted by atomic mass is 9.79. The minimum absolute atomic E-state index is 0.0691. The van der Waals surface area contributed by atoms with E-state index in [9.17, 15) is 9.90 Å². The molecule has 0 aromatic heterocycles. The predicted octanol–water partition coefficient (Wildman–Crippen LogP) is 2.45. The molecule has 104 valence electrons. The number of nitrogens with one attached hydrogen (secondary N) is 1. The molecule has 2 rings (SSSR count). The second-order valence-corrected chi connectivity index (χ2v) is 6.91. The Morgan fingerprint density at radius 1 is 1.44 bits per heavy atom. The molecule has 2 bridgehead atoms. The lowest BCUT2D eigenvalue weighted by Crippen LogP contribution is -2.43. The summed E-state index contributed by atoms with van der Waals surface area (Å²) in [6, 6.07) is 0. The fourth-order valence-electron chi connectivity index (χ4n) is 3.42. The summed E-state index contributed by atoms with van der Waals surface area (Å²) in [5.74, 6) is 0.807. The van der Waals surface area contributed by atoms with E-state index in [1.54, 1.807) is 0 Å². The van der Waals surface area contributed by atoms with Crippen molar-refractivity contribution in [2.75, 3.05) is 6.54 Å². The first-order chi connectivity index (χ1) is 8.31. The Bertz CT molecular complexity index is 313. The number of hydrogen-bond donors (Lipinski definition) is 2. The fourth-order valence-corrected chi connectivity index (χ4v) is 3.42. The van der Waals surface area contributed by atoms with Crippen molar-refractivity contribution in [1.29, 1.82) is 0 Å². The molecule has 18 heavy (non-hydrogen) atoms. The number of amides is 1. The smallest absolute Gasteiger partial charge is 0.407 e. The number of aliphatic hydroxyl groups excluding tert-OH is 1. The van der Waals surface area contributed by atoms with Gasteiger partial charge >= 0.3 is 6.09 Å². The Labute approximate surface area is 109 Å². The summed E-state index contributed by atoms with van der Waals surface area (Å²) in [4.78, 5) is 11.5. The predicted molar refractivity (Wildman–Crippen MR) is 69.3 cm³/mol. The summed E-state index contributed by atoms with van der Waals surface area (Å²) < 4.78 is 5.17. The average molecular weight is 255 g/mol. The van der Waals surface area contributed by atoms with Gasteiger partial charge in [-0.15, -0.1) is 0 Å². The van der Waals surface area contributed by atoms with Gasteiger partial charge in [-0.25, -0.2) is 4.79 Å².